The maximum atomic E-state index is 13.1. The summed E-state index contributed by atoms with van der Waals surface area (Å²) in [6.07, 6.45) is 4.31. The second-order valence-corrected chi connectivity index (χ2v) is 11.0. The Morgan fingerprint density at radius 1 is 1.09 bits per heavy atom. The third kappa shape index (κ3) is 4.76. The number of amides is 1. The largest absolute Gasteiger partial charge is 0.467 e. The number of rotatable bonds is 6. The molecule has 2 aliphatic rings. The Bertz CT molecular complexity index is 1120. The number of nitrogens with one attached hydrogen (secondary N) is 1. The van der Waals surface area contributed by atoms with Crippen molar-refractivity contribution >= 4 is 27.6 Å². The highest BCUT2D eigenvalue weighted by molar-refractivity contribution is 7.92. The van der Waals surface area contributed by atoms with Gasteiger partial charge in [0, 0.05) is 24.3 Å². The molecular weight excluding hydrogens is 440 g/mol. The van der Waals surface area contributed by atoms with Gasteiger partial charge in [0.25, 0.3) is 0 Å². The van der Waals surface area contributed by atoms with Crippen molar-refractivity contribution in [1.29, 1.82) is 0 Å². The van der Waals surface area contributed by atoms with E-state index in [2.05, 4.69) is 5.32 Å². The molecule has 1 unspecified atom stereocenters. The van der Waals surface area contributed by atoms with Crippen LogP contribution in [0.2, 0.25) is 0 Å². The Labute approximate surface area is 195 Å². The zero-order valence-electron chi connectivity index (χ0n) is 19.0. The highest BCUT2D eigenvalue weighted by Gasteiger charge is 2.48. The smallest absolute Gasteiger partial charge is 0.328 e. The van der Waals surface area contributed by atoms with E-state index in [1.165, 1.54) is 17.7 Å². The molecule has 4 rings (SSSR count). The second-order valence-electron chi connectivity index (χ2n) is 9.12. The van der Waals surface area contributed by atoms with Crippen LogP contribution in [-0.4, -0.2) is 46.2 Å². The van der Waals surface area contributed by atoms with Crippen LogP contribution in [0.1, 0.15) is 36.8 Å². The molecule has 2 aromatic carbocycles. The molecule has 0 aromatic heterocycles. The summed E-state index contributed by atoms with van der Waals surface area (Å²) in [5, 5.41) is 2.90. The van der Waals surface area contributed by atoms with Crippen molar-refractivity contribution in [2.45, 2.75) is 43.6 Å². The first-order valence-corrected chi connectivity index (χ1v) is 13.1. The summed E-state index contributed by atoms with van der Waals surface area (Å²) in [4.78, 5) is 25.4. The van der Waals surface area contributed by atoms with Crippen molar-refractivity contribution in [3.05, 3.63) is 65.7 Å². The molecule has 1 amide bonds. The number of para-hydroxylation sites is 1. The normalized spacial score (nSPS) is 23.1. The zero-order valence-corrected chi connectivity index (χ0v) is 19.8. The molecule has 1 heterocycles. The van der Waals surface area contributed by atoms with E-state index in [-0.39, 0.29) is 17.2 Å². The summed E-state index contributed by atoms with van der Waals surface area (Å²) in [6, 6.07) is 16.4. The van der Waals surface area contributed by atoms with Gasteiger partial charge in [-0.15, -0.1) is 0 Å². The van der Waals surface area contributed by atoms with E-state index in [0.29, 0.717) is 25.8 Å². The Kier molecular flexibility index (Phi) is 6.47. The Morgan fingerprint density at radius 2 is 1.73 bits per heavy atom. The van der Waals surface area contributed by atoms with Crippen LogP contribution in [0.25, 0.3) is 0 Å². The van der Waals surface area contributed by atoms with Gasteiger partial charge in [-0.3, -0.25) is 9.10 Å². The number of carbonyl (C=O) groups is 2. The average Bonchev–Trinajstić information content (AvgIpc) is 3.14. The van der Waals surface area contributed by atoms with Crippen molar-refractivity contribution in [1.82, 2.24) is 5.32 Å². The maximum Gasteiger partial charge on any atom is 0.328 e. The van der Waals surface area contributed by atoms with Crippen molar-refractivity contribution in [2.24, 2.45) is 5.92 Å². The molecule has 0 radical (unpaired) electrons. The minimum absolute atomic E-state index is 0.151. The molecule has 8 heteroatoms. The Morgan fingerprint density at radius 3 is 2.36 bits per heavy atom. The Hall–Kier alpha value is -2.87. The van der Waals surface area contributed by atoms with Crippen molar-refractivity contribution in [3.8, 4) is 0 Å². The maximum absolute atomic E-state index is 13.1. The molecular formula is C25H30N2O5S. The summed E-state index contributed by atoms with van der Waals surface area (Å²) in [7, 11) is -2.06. The monoisotopic (exact) mass is 470 g/mol. The first-order valence-electron chi connectivity index (χ1n) is 11.2. The standard InChI is InChI=1S/C25H30N2O5S/c1-32-24(29)21(16-18-8-4-3-5-9-18)26-23(28)19-12-14-25(15-13-19)17-27(33(2,30)31)22-11-7-6-10-20(22)25/h3-11,19,21H,12-17H2,1-2H3,(H,26,28)/t19-,21?,25-. The number of fused-ring (bicyclic) bond motifs is 2. The molecule has 7 nitrogen and oxygen atoms in total. The molecule has 0 saturated heterocycles. The van der Waals surface area contributed by atoms with E-state index < -0.39 is 22.0 Å². The van der Waals surface area contributed by atoms with Crippen LogP contribution >= 0.6 is 0 Å². The van der Waals surface area contributed by atoms with Crippen LogP contribution < -0.4 is 9.62 Å². The molecule has 1 N–H and O–H groups in total. The minimum Gasteiger partial charge on any atom is -0.467 e. The molecule has 2 aromatic rings. The van der Waals surface area contributed by atoms with Gasteiger partial charge in [0.05, 0.1) is 19.1 Å². The number of sulfonamides is 1. The van der Waals surface area contributed by atoms with Crippen LogP contribution in [0, 0.1) is 5.92 Å². The van der Waals surface area contributed by atoms with E-state index >= 15 is 0 Å². The summed E-state index contributed by atoms with van der Waals surface area (Å²) >= 11 is 0. The summed E-state index contributed by atoms with van der Waals surface area (Å²) in [6.45, 7) is 0.415. The topological polar surface area (TPSA) is 92.8 Å². The molecule has 33 heavy (non-hydrogen) atoms. The van der Waals surface area contributed by atoms with Gasteiger partial charge in [0.1, 0.15) is 6.04 Å². The fraction of sp³-hybridized carbons (Fsp3) is 0.440. The van der Waals surface area contributed by atoms with Gasteiger partial charge in [0.2, 0.25) is 15.9 Å². The lowest BCUT2D eigenvalue weighted by atomic mass is 9.67. The molecule has 176 valence electrons. The van der Waals surface area contributed by atoms with Gasteiger partial charge in [0.15, 0.2) is 0 Å². The molecule has 1 saturated carbocycles. The van der Waals surface area contributed by atoms with E-state index in [1.54, 1.807) is 0 Å². The average molecular weight is 471 g/mol. The van der Waals surface area contributed by atoms with E-state index in [1.807, 2.05) is 54.6 Å². The van der Waals surface area contributed by atoms with E-state index in [0.717, 1.165) is 29.7 Å². The number of hydrogen-bond acceptors (Lipinski definition) is 5. The summed E-state index contributed by atoms with van der Waals surface area (Å²) in [5.41, 5.74) is 2.46. The van der Waals surface area contributed by atoms with Crippen LogP contribution in [0.15, 0.2) is 54.6 Å². The van der Waals surface area contributed by atoms with Gasteiger partial charge in [-0.05, 0) is 42.9 Å². The number of esters is 1. The minimum atomic E-state index is -3.38. The number of ether oxygens (including phenoxy) is 1. The quantitative estimate of drug-likeness (QED) is 0.656. The van der Waals surface area contributed by atoms with Gasteiger partial charge in [-0.1, -0.05) is 48.5 Å². The number of anilines is 1. The highest BCUT2D eigenvalue weighted by atomic mass is 32.2. The van der Waals surface area contributed by atoms with E-state index in [9.17, 15) is 18.0 Å². The molecule has 1 atom stereocenters. The summed E-state index contributed by atoms with van der Waals surface area (Å²) < 4.78 is 31.2. The third-order valence-corrected chi connectivity index (χ3v) is 8.12. The third-order valence-electron chi connectivity index (χ3n) is 6.99. The number of benzene rings is 2. The van der Waals surface area contributed by atoms with Crippen LogP contribution in [0.3, 0.4) is 0 Å². The Balaban J connectivity index is 1.45. The molecule has 1 spiro atoms. The van der Waals surface area contributed by atoms with Gasteiger partial charge < -0.3 is 10.1 Å². The lowest BCUT2D eigenvalue weighted by molar-refractivity contribution is -0.145. The van der Waals surface area contributed by atoms with Gasteiger partial charge in [-0.25, -0.2) is 13.2 Å². The van der Waals surface area contributed by atoms with Gasteiger partial charge >= 0.3 is 5.97 Å². The number of carbonyl (C=O) groups excluding carboxylic acids is 2. The highest BCUT2D eigenvalue weighted by Crippen LogP contribution is 2.50. The summed E-state index contributed by atoms with van der Waals surface area (Å²) in [5.74, 6) is -0.839. The fourth-order valence-corrected chi connectivity index (χ4v) is 6.21. The molecule has 0 bridgehead atoms. The van der Waals surface area contributed by atoms with Gasteiger partial charge in [-0.2, -0.15) is 0 Å². The lowest BCUT2D eigenvalue weighted by Crippen LogP contribution is -2.47. The molecule has 1 fully saturated rings. The first-order chi connectivity index (χ1) is 15.7. The van der Waals surface area contributed by atoms with Crippen molar-refractivity contribution < 1.29 is 22.7 Å². The molecule has 1 aliphatic heterocycles. The molecule has 1 aliphatic carbocycles. The SMILES string of the molecule is COC(=O)C(Cc1ccccc1)NC(=O)[C@H]1CC[C@]2(CC1)CN(S(C)(=O)=O)c1ccccc12. The van der Waals surface area contributed by atoms with E-state index in [4.69, 9.17) is 4.74 Å². The van der Waals surface area contributed by atoms with Crippen LogP contribution in [0.5, 0.6) is 0 Å². The predicted molar refractivity (Wildman–Crippen MR) is 126 cm³/mol. The predicted octanol–water partition coefficient (Wildman–Crippen LogP) is 2.79. The van der Waals surface area contributed by atoms with Crippen LogP contribution in [-0.2, 0) is 36.2 Å². The fourth-order valence-electron chi connectivity index (χ4n) is 5.22. The van der Waals surface area contributed by atoms with Crippen molar-refractivity contribution in [3.63, 3.8) is 0 Å². The van der Waals surface area contributed by atoms with Crippen molar-refractivity contribution in [2.75, 3.05) is 24.2 Å². The lowest BCUT2D eigenvalue weighted by Gasteiger charge is -2.37. The van der Waals surface area contributed by atoms with Crippen LogP contribution in [0.4, 0.5) is 5.69 Å². The number of hydrogen-bond donors (Lipinski definition) is 1. The number of nitrogens with zero attached hydrogens (tertiary/aromatic N) is 1. The zero-order chi connectivity index (χ0) is 23.6. The first kappa shape index (κ1) is 23.3. The number of methoxy groups -OCH3 is 1. The second kappa shape index (κ2) is 9.17.